The summed E-state index contributed by atoms with van der Waals surface area (Å²) >= 11 is 15.1. The molecule has 4 nitrogen and oxygen atoms in total. The molecule has 1 atom stereocenters. The second-order valence-corrected chi connectivity index (χ2v) is 7.66. The van der Waals surface area contributed by atoms with Gasteiger partial charge >= 0.3 is 5.97 Å². The van der Waals surface area contributed by atoms with E-state index in [2.05, 4.69) is 21.2 Å². The highest BCUT2D eigenvalue weighted by atomic mass is 79.9. The molecule has 1 aromatic carbocycles. The van der Waals surface area contributed by atoms with Crippen molar-refractivity contribution < 1.29 is 14.3 Å². The van der Waals surface area contributed by atoms with Crippen LogP contribution in [-0.4, -0.2) is 22.8 Å². The van der Waals surface area contributed by atoms with Crippen molar-refractivity contribution in [2.24, 2.45) is 5.41 Å². The first-order valence-electron chi connectivity index (χ1n) is 6.27. The third kappa shape index (κ3) is 3.52. The van der Waals surface area contributed by atoms with Crippen LogP contribution in [0.15, 0.2) is 22.7 Å². The standard InChI is InChI=1S/C14H14BrCl2NO3/c1-8-3-4-10(9(15)5-8)18-11(19)6-21-12(20)13(2)7-14(13,16)17/h3-5H,6-7H2,1-2H3,(H,18,19). The van der Waals surface area contributed by atoms with E-state index >= 15 is 0 Å². The first kappa shape index (κ1) is 16.6. The van der Waals surface area contributed by atoms with Crippen molar-refractivity contribution in [3.63, 3.8) is 0 Å². The molecule has 1 aliphatic carbocycles. The van der Waals surface area contributed by atoms with E-state index in [9.17, 15) is 9.59 Å². The van der Waals surface area contributed by atoms with Crippen molar-refractivity contribution in [1.29, 1.82) is 0 Å². The molecule has 1 N–H and O–H groups in total. The van der Waals surface area contributed by atoms with E-state index < -0.39 is 21.6 Å². The van der Waals surface area contributed by atoms with Gasteiger partial charge in [0.15, 0.2) is 6.61 Å². The summed E-state index contributed by atoms with van der Waals surface area (Å²) in [5, 5.41) is 2.66. The highest BCUT2D eigenvalue weighted by Crippen LogP contribution is 2.64. The fourth-order valence-electron chi connectivity index (χ4n) is 1.82. The molecule has 1 aliphatic rings. The van der Waals surface area contributed by atoms with Crippen molar-refractivity contribution in [2.75, 3.05) is 11.9 Å². The van der Waals surface area contributed by atoms with Gasteiger partial charge in [0.2, 0.25) is 0 Å². The highest BCUT2D eigenvalue weighted by Gasteiger charge is 2.69. The lowest BCUT2D eigenvalue weighted by Crippen LogP contribution is -2.26. The van der Waals surface area contributed by atoms with E-state index in [0.29, 0.717) is 12.1 Å². The van der Waals surface area contributed by atoms with Crippen LogP contribution >= 0.6 is 39.1 Å². The average molecular weight is 395 g/mol. The van der Waals surface area contributed by atoms with Gasteiger partial charge in [-0.2, -0.15) is 0 Å². The fraction of sp³-hybridized carbons (Fsp3) is 0.429. The van der Waals surface area contributed by atoms with Crippen LogP contribution in [0.25, 0.3) is 0 Å². The average Bonchev–Trinajstić information content (AvgIpc) is 2.90. The number of anilines is 1. The number of ether oxygens (including phenoxy) is 1. The van der Waals surface area contributed by atoms with Crippen molar-refractivity contribution >= 4 is 56.7 Å². The van der Waals surface area contributed by atoms with Crippen molar-refractivity contribution in [1.82, 2.24) is 0 Å². The number of benzene rings is 1. The summed E-state index contributed by atoms with van der Waals surface area (Å²) in [4.78, 5) is 23.6. The summed E-state index contributed by atoms with van der Waals surface area (Å²) in [5.74, 6) is -0.988. The lowest BCUT2D eigenvalue weighted by Gasteiger charge is -2.12. The van der Waals surface area contributed by atoms with Crippen LogP contribution in [-0.2, 0) is 14.3 Å². The van der Waals surface area contributed by atoms with Gasteiger partial charge in [0.05, 0.1) is 5.69 Å². The van der Waals surface area contributed by atoms with Gasteiger partial charge in [-0.15, -0.1) is 23.2 Å². The van der Waals surface area contributed by atoms with Gasteiger partial charge in [0.25, 0.3) is 5.91 Å². The monoisotopic (exact) mass is 393 g/mol. The zero-order valence-corrected chi connectivity index (χ0v) is 14.6. The SMILES string of the molecule is Cc1ccc(NC(=O)COC(=O)C2(C)CC2(Cl)Cl)c(Br)c1. The Morgan fingerprint density at radius 2 is 2.05 bits per heavy atom. The van der Waals surface area contributed by atoms with Crippen LogP contribution in [0.3, 0.4) is 0 Å². The summed E-state index contributed by atoms with van der Waals surface area (Å²) < 4.78 is 4.63. The normalized spacial score (nSPS) is 22.5. The van der Waals surface area contributed by atoms with E-state index in [1.165, 1.54) is 0 Å². The Balaban J connectivity index is 1.87. The van der Waals surface area contributed by atoms with Crippen molar-refractivity contribution in [3.8, 4) is 0 Å². The summed E-state index contributed by atoms with van der Waals surface area (Å²) in [7, 11) is 0. The van der Waals surface area contributed by atoms with Crippen LogP contribution in [0.5, 0.6) is 0 Å². The molecule has 0 heterocycles. The third-order valence-corrected chi connectivity index (χ3v) is 5.20. The largest absolute Gasteiger partial charge is 0.455 e. The second kappa shape index (κ2) is 5.78. The lowest BCUT2D eigenvalue weighted by atomic mass is 10.1. The summed E-state index contributed by atoms with van der Waals surface area (Å²) in [6.07, 6.45) is 0.326. The van der Waals surface area contributed by atoms with Crippen LogP contribution in [0.4, 0.5) is 5.69 Å². The zero-order chi connectivity index (χ0) is 15.8. The molecule has 1 saturated carbocycles. The molecule has 1 fully saturated rings. The number of hydrogen-bond donors (Lipinski definition) is 1. The molecule has 1 unspecified atom stereocenters. The first-order chi connectivity index (χ1) is 9.65. The maximum atomic E-state index is 11.8. The molecular weight excluding hydrogens is 381 g/mol. The molecule has 0 saturated heterocycles. The molecule has 0 spiro atoms. The van der Waals surface area contributed by atoms with Gasteiger partial charge in [-0.25, -0.2) is 0 Å². The molecule has 7 heteroatoms. The second-order valence-electron chi connectivity index (χ2n) is 5.32. The van der Waals surface area contributed by atoms with Crippen LogP contribution in [0.1, 0.15) is 18.9 Å². The number of nitrogens with one attached hydrogen (secondary N) is 1. The minimum absolute atomic E-state index is 0.326. The number of amides is 1. The van der Waals surface area contributed by atoms with E-state index in [1.807, 2.05) is 19.1 Å². The molecule has 0 radical (unpaired) electrons. The van der Waals surface area contributed by atoms with E-state index in [1.54, 1.807) is 13.0 Å². The van der Waals surface area contributed by atoms with Gasteiger partial charge in [-0.05, 0) is 47.5 Å². The third-order valence-electron chi connectivity index (χ3n) is 3.44. The molecule has 2 rings (SSSR count). The predicted molar refractivity (Wildman–Crippen MR) is 85.6 cm³/mol. The quantitative estimate of drug-likeness (QED) is 0.623. The van der Waals surface area contributed by atoms with Gasteiger partial charge in [0.1, 0.15) is 9.75 Å². The Labute approximate surface area is 141 Å². The van der Waals surface area contributed by atoms with Gasteiger partial charge in [-0.3, -0.25) is 9.59 Å². The number of aryl methyl sites for hydroxylation is 1. The Kier molecular flexibility index (Phi) is 4.57. The number of hydrogen-bond acceptors (Lipinski definition) is 3. The Bertz CT molecular complexity index is 606. The summed E-state index contributed by atoms with van der Waals surface area (Å²) in [6, 6.07) is 5.51. The van der Waals surface area contributed by atoms with E-state index in [4.69, 9.17) is 27.9 Å². The number of carbonyl (C=O) groups excluding carboxylic acids is 2. The molecule has 0 aromatic heterocycles. The molecule has 0 aliphatic heterocycles. The van der Waals surface area contributed by atoms with Gasteiger partial charge in [0, 0.05) is 10.9 Å². The van der Waals surface area contributed by atoms with Crippen molar-refractivity contribution in [3.05, 3.63) is 28.2 Å². The van der Waals surface area contributed by atoms with E-state index in [-0.39, 0.29) is 6.61 Å². The molecule has 0 bridgehead atoms. The van der Waals surface area contributed by atoms with Crippen LogP contribution in [0.2, 0.25) is 0 Å². The topological polar surface area (TPSA) is 55.4 Å². The Hall–Kier alpha value is -0.780. The van der Waals surface area contributed by atoms with E-state index in [0.717, 1.165) is 10.0 Å². The minimum atomic E-state index is -1.10. The number of esters is 1. The Morgan fingerprint density at radius 3 is 2.57 bits per heavy atom. The molecule has 1 aromatic rings. The number of halogens is 3. The molecule has 21 heavy (non-hydrogen) atoms. The molecule has 1 amide bonds. The fourth-order valence-corrected chi connectivity index (χ4v) is 3.10. The zero-order valence-electron chi connectivity index (χ0n) is 11.5. The van der Waals surface area contributed by atoms with Crippen LogP contribution in [0, 0.1) is 12.3 Å². The maximum absolute atomic E-state index is 11.8. The number of rotatable bonds is 4. The lowest BCUT2D eigenvalue weighted by molar-refractivity contribution is -0.152. The minimum Gasteiger partial charge on any atom is -0.455 e. The smallest absolute Gasteiger partial charge is 0.315 e. The van der Waals surface area contributed by atoms with Crippen molar-refractivity contribution in [2.45, 2.75) is 24.6 Å². The molecular formula is C14H14BrCl2NO3. The van der Waals surface area contributed by atoms with Gasteiger partial charge < -0.3 is 10.1 Å². The predicted octanol–water partition coefficient (Wildman–Crippen LogP) is 3.82. The highest BCUT2D eigenvalue weighted by molar-refractivity contribution is 9.10. The summed E-state index contributed by atoms with van der Waals surface area (Å²) in [6.45, 7) is 3.18. The van der Waals surface area contributed by atoms with Gasteiger partial charge in [-0.1, -0.05) is 6.07 Å². The maximum Gasteiger partial charge on any atom is 0.315 e. The Morgan fingerprint density at radius 1 is 1.43 bits per heavy atom. The van der Waals surface area contributed by atoms with Crippen LogP contribution < -0.4 is 5.32 Å². The number of carbonyl (C=O) groups is 2. The first-order valence-corrected chi connectivity index (χ1v) is 7.82. The number of alkyl halides is 2. The summed E-state index contributed by atoms with van der Waals surface area (Å²) in [5.41, 5.74) is 0.748. The molecule has 114 valence electrons.